The summed E-state index contributed by atoms with van der Waals surface area (Å²) in [5.74, 6) is 0.860. The molecule has 0 bridgehead atoms. The molecule has 1 aliphatic rings. The van der Waals surface area contributed by atoms with Gasteiger partial charge in [-0.15, -0.1) is 0 Å². The van der Waals surface area contributed by atoms with Gasteiger partial charge in [-0.25, -0.2) is 0 Å². The van der Waals surface area contributed by atoms with Crippen LogP contribution in [0.1, 0.15) is 5.56 Å². The maximum Gasteiger partial charge on any atom is 0.147 e. The summed E-state index contributed by atoms with van der Waals surface area (Å²) in [6, 6.07) is 4.14. The third-order valence-electron chi connectivity index (χ3n) is 3.25. The lowest BCUT2D eigenvalue weighted by Gasteiger charge is -2.26. The Labute approximate surface area is 136 Å². The van der Waals surface area contributed by atoms with Crippen LogP contribution in [0.25, 0.3) is 0 Å². The molecule has 2 rings (SSSR count). The number of morpholine rings is 1. The molecule has 0 aromatic heterocycles. The number of ether oxygens (including phenoxy) is 2. The lowest BCUT2D eigenvalue weighted by Crippen LogP contribution is -2.38. The molecule has 0 spiro atoms. The first-order valence-corrected chi connectivity index (χ1v) is 8.40. The number of halogens is 2. The van der Waals surface area contributed by atoms with Gasteiger partial charge in [-0.1, -0.05) is 0 Å². The molecular weight excluding hydrogens is 388 g/mol. The second-order valence-electron chi connectivity index (χ2n) is 4.73. The molecule has 1 aromatic rings. The number of rotatable bonds is 6. The maximum absolute atomic E-state index is 5.90. The van der Waals surface area contributed by atoms with Crippen molar-refractivity contribution in [2.45, 2.75) is 6.42 Å². The fourth-order valence-corrected chi connectivity index (χ4v) is 3.67. The van der Waals surface area contributed by atoms with Gasteiger partial charge in [-0.3, -0.25) is 4.90 Å². The standard InChI is InChI=1S/C14H20Br2N2O2/c15-12-9-11(1-2-17)10-13(16)14(12)20-8-5-18-3-6-19-7-4-18/h9-10H,1-8,17H2. The van der Waals surface area contributed by atoms with Crippen LogP contribution < -0.4 is 10.5 Å². The fourth-order valence-electron chi connectivity index (χ4n) is 2.16. The van der Waals surface area contributed by atoms with Crippen molar-refractivity contribution in [1.29, 1.82) is 0 Å². The van der Waals surface area contributed by atoms with Crippen molar-refractivity contribution in [3.05, 3.63) is 26.6 Å². The molecule has 0 aliphatic carbocycles. The zero-order chi connectivity index (χ0) is 14.4. The van der Waals surface area contributed by atoms with Crippen LogP contribution in [-0.4, -0.2) is 50.9 Å². The summed E-state index contributed by atoms with van der Waals surface area (Å²) in [5, 5.41) is 0. The van der Waals surface area contributed by atoms with E-state index in [9.17, 15) is 0 Å². The molecular formula is C14H20Br2N2O2. The average Bonchev–Trinajstić information content (AvgIpc) is 2.43. The molecule has 0 atom stereocenters. The Bertz CT molecular complexity index is 414. The van der Waals surface area contributed by atoms with Gasteiger partial charge in [0, 0.05) is 19.6 Å². The summed E-state index contributed by atoms with van der Waals surface area (Å²) in [6.07, 6.45) is 0.866. The number of nitrogens with zero attached hydrogens (tertiary/aromatic N) is 1. The highest BCUT2D eigenvalue weighted by atomic mass is 79.9. The second-order valence-corrected chi connectivity index (χ2v) is 6.44. The van der Waals surface area contributed by atoms with Crippen molar-refractivity contribution in [2.75, 3.05) is 46.0 Å². The summed E-state index contributed by atoms with van der Waals surface area (Å²) in [4.78, 5) is 2.36. The number of hydrogen-bond acceptors (Lipinski definition) is 4. The Kier molecular flexibility index (Phi) is 6.77. The minimum atomic E-state index is 0.649. The first-order valence-electron chi connectivity index (χ1n) is 6.81. The van der Waals surface area contributed by atoms with E-state index in [1.54, 1.807) is 0 Å². The molecule has 6 heteroatoms. The van der Waals surface area contributed by atoms with Crippen LogP contribution in [0.4, 0.5) is 0 Å². The average molecular weight is 408 g/mol. The first kappa shape index (κ1) is 16.2. The van der Waals surface area contributed by atoms with E-state index in [0.29, 0.717) is 13.2 Å². The molecule has 20 heavy (non-hydrogen) atoms. The summed E-state index contributed by atoms with van der Waals surface area (Å²) in [7, 11) is 0. The third kappa shape index (κ3) is 4.70. The van der Waals surface area contributed by atoms with E-state index < -0.39 is 0 Å². The van der Waals surface area contributed by atoms with Crippen molar-refractivity contribution in [1.82, 2.24) is 4.90 Å². The SMILES string of the molecule is NCCc1cc(Br)c(OCCN2CCOCC2)c(Br)c1. The predicted molar refractivity (Wildman–Crippen MR) is 87.4 cm³/mol. The van der Waals surface area contributed by atoms with Crippen LogP contribution in [0.15, 0.2) is 21.1 Å². The lowest BCUT2D eigenvalue weighted by atomic mass is 10.1. The quantitative estimate of drug-likeness (QED) is 0.786. The molecule has 112 valence electrons. The highest BCUT2D eigenvalue weighted by Gasteiger charge is 2.12. The van der Waals surface area contributed by atoms with E-state index in [4.69, 9.17) is 15.2 Å². The van der Waals surface area contributed by atoms with Crippen LogP contribution >= 0.6 is 31.9 Å². The molecule has 1 heterocycles. The monoisotopic (exact) mass is 406 g/mol. The smallest absolute Gasteiger partial charge is 0.147 e. The van der Waals surface area contributed by atoms with Crippen LogP contribution in [-0.2, 0) is 11.2 Å². The Morgan fingerprint density at radius 2 is 1.85 bits per heavy atom. The molecule has 1 saturated heterocycles. The summed E-state index contributed by atoms with van der Waals surface area (Å²) in [5.41, 5.74) is 6.78. The second kappa shape index (κ2) is 8.34. The highest BCUT2D eigenvalue weighted by Crippen LogP contribution is 2.34. The zero-order valence-corrected chi connectivity index (χ0v) is 14.6. The topological polar surface area (TPSA) is 47.7 Å². The molecule has 0 saturated carbocycles. The molecule has 0 unspecified atom stereocenters. The maximum atomic E-state index is 5.90. The van der Waals surface area contributed by atoms with Gasteiger partial charge in [0.2, 0.25) is 0 Å². The third-order valence-corrected chi connectivity index (χ3v) is 4.43. The Hall–Kier alpha value is -0.140. The number of nitrogens with two attached hydrogens (primary N) is 1. The molecule has 2 N–H and O–H groups in total. The van der Waals surface area contributed by atoms with Crippen molar-refractivity contribution < 1.29 is 9.47 Å². The van der Waals surface area contributed by atoms with Gasteiger partial charge in [-0.05, 0) is 62.5 Å². The molecule has 1 aliphatic heterocycles. The van der Waals surface area contributed by atoms with Crippen molar-refractivity contribution >= 4 is 31.9 Å². The summed E-state index contributed by atoms with van der Waals surface area (Å²) < 4.78 is 13.2. The Morgan fingerprint density at radius 1 is 1.20 bits per heavy atom. The summed E-state index contributed by atoms with van der Waals surface area (Å²) in [6.45, 7) is 5.86. The van der Waals surface area contributed by atoms with Gasteiger partial charge in [0.1, 0.15) is 12.4 Å². The minimum Gasteiger partial charge on any atom is -0.490 e. The van der Waals surface area contributed by atoms with Gasteiger partial charge in [0.05, 0.1) is 22.2 Å². The summed E-state index contributed by atoms with van der Waals surface area (Å²) >= 11 is 7.13. The van der Waals surface area contributed by atoms with Crippen LogP contribution in [0.2, 0.25) is 0 Å². The van der Waals surface area contributed by atoms with E-state index >= 15 is 0 Å². The van der Waals surface area contributed by atoms with Crippen LogP contribution in [0.3, 0.4) is 0 Å². The van der Waals surface area contributed by atoms with E-state index in [2.05, 4.69) is 48.9 Å². The largest absolute Gasteiger partial charge is 0.490 e. The normalized spacial score (nSPS) is 16.4. The van der Waals surface area contributed by atoms with Crippen molar-refractivity contribution in [2.24, 2.45) is 5.73 Å². The zero-order valence-electron chi connectivity index (χ0n) is 11.4. The Morgan fingerprint density at radius 3 is 2.45 bits per heavy atom. The predicted octanol–water partition coefficient (Wildman–Crippen LogP) is 2.42. The highest BCUT2D eigenvalue weighted by molar-refractivity contribution is 9.11. The van der Waals surface area contributed by atoms with Gasteiger partial charge < -0.3 is 15.2 Å². The lowest BCUT2D eigenvalue weighted by molar-refractivity contribution is 0.0321. The Balaban J connectivity index is 1.88. The van der Waals surface area contributed by atoms with Gasteiger partial charge in [-0.2, -0.15) is 0 Å². The van der Waals surface area contributed by atoms with E-state index in [0.717, 1.165) is 54.0 Å². The van der Waals surface area contributed by atoms with Gasteiger partial charge >= 0.3 is 0 Å². The van der Waals surface area contributed by atoms with Gasteiger partial charge in [0.25, 0.3) is 0 Å². The van der Waals surface area contributed by atoms with Crippen molar-refractivity contribution in [3.63, 3.8) is 0 Å². The van der Waals surface area contributed by atoms with Gasteiger partial charge in [0.15, 0.2) is 0 Å². The minimum absolute atomic E-state index is 0.649. The molecule has 0 radical (unpaired) electrons. The number of benzene rings is 1. The van der Waals surface area contributed by atoms with Crippen molar-refractivity contribution in [3.8, 4) is 5.75 Å². The van der Waals surface area contributed by atoms with Crippen LogP contribution in [0, 0.1) is 0 Å². The van der Waals surface area contributed by atoms with E-state index in [1.165, 1.54) is 5.56 Å². The number of hydrogen-bond donors (Lipinski definition) is 1. The molecule has 4 nitrogen and oxygen atoms in total. The molecule has 1 fully saturated rings. The van der Waals surface area contributed by atoms with E-state index in [-0.39, 0.29) is 0 Å². The first-order chi connectivity index (χ1) is 9.70. The fraction of sp³-hybridized carbons (Fsp3) is 0.571. The van der Waals surface area contributed by atoms with Crippen LogP contribution in [0.5, 0.6) is 5.75 Å². The van der Waals surface area contributed by atoms with E-state index in [1.807, 2.05) is 0 Å². The molecule has 1 aromatic carbocycles. The molecule has 0 amide bonds.